The van der Waals surface area contributed by atoms with Crippen molar-refractivity contribution in [1.29, 1.82) is 0 Å². The van der Waals surface area contributed by atoms with E-state index in [0.29, 0.717) is 24.1 Å². The van der Waals surface area contributed by atoms with Gasteiger partial charge in [0.15, 0.2) is 5.82 Å². The Morgan fingerprint density at radius 2 is 2.05 bits per heavy atom. The summed E-state index contributed by atoms with van der Waals surface area (Å²) in [5, 5.41) is 13.4. The van der Waals surface area contributed by atoms with E-state index in [1.54, 1.807) is 0 Å². The number of benzene rings is 1. The molecule has 1 aromatic heterocycles. The van der Waals surface area contributed by atoms with Crippen molar-refractivity contribution >= 4 is 22.6 Å². The van der Waals surface area contributed by atoms with Crippen molar-refractivity contribution in [3.63, 3.8) is 0 Å². The second-order valence-corrected chi connectivity index (χ2v) is 6.07. The summed E-state index contributed by atoms with van der Waals surface area (Å²) in [6.07, 6.45) is 0.594. The highest BCUT2D eigenvalue weighted by Crippen LogP contribution is 2.34. The highest BCUT2D eigenvalue weighted by atomic mass is 16.3. The Morgan fingerprint density at radius 1 is 1.23 bits per heavy atom. The van der Waals surface area contributed by atoms with Gasteiger partial charge in [-0.05, 0) is 24.0 Å². The van der Waals surface area contributed by atoms with E-state index < -0.39 is 0 Å². The van der Waals surface area contributed by atoms with Gasteiger partial charge in [0, 0.05) is 31.4 Å². The van der Waals surface area contributed by atoms with E-state index in [0.717, 1.165) is 36.4 Å². The third kappa shape index (κ3) is 2.20. The number of fused-ring (bicyclic) bond motifs is 2. The van der Waals surface area contributed by atoms with Gasteiger partial charge in [-0.3, -0.25) is 4.79 Å². The van der Waals surface area contributed by atoms with E-state index in [4.69, 9.17) is 0 Å². The van der Waals surface area contributed by atoms with Gasteiger partial charge in [0.05, 0.1) is 5.52 Å². The van der Waals surface area contributed by atoms with Crippen LogP contribution in [0.2, 0.25) is 0 Å². The second kappa shape index (κ2) is 5.21. The van der Waals surface area contributed by atoms with E-state index >= 15 is 0 Å². The number of rotatable bonds is 2. The lowest BCUT2D eigenvalue weighted by Crippen LogP contribution is -2.39. The van der Waals surface area contributed by atoms with Crippen LogP contribution >= 0.6 is 0 Å². The number of aliphatic hydroxyl groups excluding tert-OH is 1. The van der Waals surface area contributed by atoms with E-state index in [9.17, 15) is 9.90 Å². The summed E-state index contributed by atoms with van der Waals surface area (Å²) in [4.78, 5) is 22.7. The fraction of sp³-hybridized carbons (Fsp3) is 0.438. The molecule has 2 aliphatic rings. The number of carbonyl (C=O) groups excluding carboxylic acids is 1. The molecular weight excluding hydrogens is 280 g/mol. The molecular formula is C16H18N4O2. The summed E-state index contributed by atoms with van der Waals surface area (Å²) < 4.78 is 0. The van der Waals surface area contributed by atoms with Crippen molar-refractivity contribution in [2.45, 2.75) is 13.0 Å². The van der Waals surface area contributed by atoms with Gasteiger partial charge < -0.3 is 15.3 Å². The molecule has 0 spiro atoms. The highest BCUT2D eigenvalue weighted by molar-refractivity contribution is 5.89. The largest absolute Gasteiger partial charge is 0.388 e. The molecule has 0 saturated carbocycles. The van der Waals surface area contributed by atoms with Crippen LogP contribution in [0.1, 0.15) is 12.2 Å². The predicted molar refractivity (Wildman–Crippen MR) is 82.3 cm³/mol. The van der Waals surface area contributed by atoms with E-state index in [1.807, 2.05) is 24.3 Å². The normalized spacial score (nSPS) is 24.4. The van der Waals surface area contributed by atoms with Crippen LogP contribution in [0.3, 0.4) is 0 Å². The van der Waals surface area contributed by atoms with Gasteiger partial charge in [0.1, 0.15) is 12.4 Å². The van der Waals surface area contributed by atoms with Gasteiger partial charge in [-0.1, -0.05) is 12.1 Å². The summed E-state index contributed by atoms with van der Waals surface area (Å²) in [7, 11) is 0. The Bertz CT molecular complexity index is 733. The summed E-state index contributed by atoms with van der Waals surface area (Å²) in [6, 6.07) is 7.86. The molecule has 0 aliphatic carbocycles. The van der Waals surface area contributed by atoms with Gasteiger partial charge in [-0.15, -0.1) is 0 Å². The number of hydrogen-bond acceptors (Lipinski definition) is 5. The number of aliphatic hydroxyl groups is 1. The molecule has 2 atom stereocenters. The lowest BCUT2D eigenvalue weighted by molar-refractivity contribution is -0.124. The number of aromatic nitrogens is 2. The van der Waals surface area contributed by atoms with Crippen LogP contribution in [0.15, 0.2) is 24.3 Å². The smallest absolute Gasteiger partial charge is 0.220 e. The van der Waals surface area contributed by atoms with E-state index in [-0.39, 0.29) is 12.5 Å². The Hall–Kier alpha value is -2.21. The van der Waals surface area contributed by atoms with Crippen LogP contribution in [0, 0.1) is 11.8 Å². The lowest BCUT2D eigenvalue weighted by atomic mass is 9.89. The minimum absolute atomic E-state index is 0.145. The molecule has 0 radical (unpaired) electrons. The maximum atomic E-state index is 11.6. The fourth-order valence-electron chi connectivity index (χ4n) is 3.55. The number of nitrogens with one attached hydrogen (secondary N) is 1. The summed E-state index contributed by atoms with van der Waals surface area (Å²) in [6.45, 7) is 2.30. The highest BCUT2D eigenvalue weighted by Gasteiger charge is 2.38. The van der Waals surface area contributed by atoms with Crippen LogP contribution in [0.5, 0.6) is 0 Å². The first-order valence-corrected chi connectivity index (χ1v) is 7.63. The molecule has 22 heavy (non-hydrogen) atoms. The third-order valence-electron chi connectivity index (χ3n) is 4.66. The molecule has 1 aromatic carbocycles. The quantitative estimate of drug-likeness (QED) is 0.853. The van der Waals surface area contributed by atoms with Crippen molar-refractivity contribution in [3.8, 4) is 0 Å². The fourth-order valence-corrected chi connectivity index (χ4v) is 3.55. The van der Waals surface area contributed by atoms with Gasteiger partial charge in [-0.25, -0.2) is 9.97 Å². The zero-order valence-electron chi connectivity index (χ0n) is 12.2. The molecule has 2 aliphatic heterocycles. The molecule has 4 rings (SSSR count). The number of anilines is 1. The first-order chi connectivity index (χ1) is 10.7. The maximum Gasteiger partial charge on any atom is 0.220 e. The Kier molecular flexibility index (Phi) is 3.18. The van der Waals surface area contributed by atoms with Gasteiger partial charge in [0.25, 0.3) is 0 Å². The maximum absolute atomic E-state index is 11.6. The van der Waals surface area contributed by atoms with E-state index in [1.165, 1.54) is 0 Å². The number of piperidine rings is 1. The molecule has 2 saturated heterocycles. The van der Waals surface area contributed by atoms with Crippen molar-refractivity contribution in [2.24, 2.45) is 11.8 Å². The second-order valence-electron chi connectivity index (χ2n) is 6.07. The van der Waals surface area contributed by atoms with Crippen LogP contribution in [-0.2, 0) is 11.4 Å². The van der Waals surface area contributed by atoms with Crippen molar-refractivity contribution < 1.29 is 9.90 Å². The van der Waals surface area contributed by atoms with Gasteiger partial charge in [0.2, 0.25) is 5.91 Å². The summed E-state index contributed by atoms with van der Waals surface area (Å²) in [5.74, 6) is 2.32. The van der Waals surface area contributed by atoms with Crippen LogP contribution in [0.4, 0.5) is 5.82 Å². The molecule has 3 heterocycles. The summed E-state index contributed by atoms with van der Waals surface area (Å²) in [5.41, 5.74) is 0.848. The Balaban J connectivity index is 1.73. The molecule has 6 nitrogen and oxygen atoms in total. The van der Waals surface area contributed by atoms with Crippen LogP contribution in [-0.4, -0.2) is 40.6 Å². The topological polar surface area (TPSA) is 78.4 Å². The van der Waals surface area contributed by atoms with E-state index in [2.05, 4.69) is 20.2 Å². The van der Waals surface area contributed by atoms with Crippen molar-refractivity contribution in [3.05, 3.63) is 30.1 Å². The molecule has 2 N–H and O–H groups in total. The standard InChI is InChI=1S/C16H18N4O2/c21-9-14-18-13-4-2-1-3-12(13)16(19-14)20-7-10-5-15(22)17-6-11(10)8-20/h1-4,10-11,21H,5-9H2,(H,17,22)/t10-,11+/m1/s1. The van der Waals surface area contributed by atoms with Crippen molar-refractivity contribution in [2.75, 3.05) is 24.5 Å². The molecule has 0 unspecified atom stereocenters. The average molecular weight is 298 g/mol. The summed E-state index contributed by atoms with van der Waals surface area (Å²) >= 11 is 0. The minimum atomic E-state index is -0.168. The average Bonchev–Trinajstić information content (AvgIpc) is 2.96. The Morgan fingerprint density at radius 3 is 2.91 bits per heavy atom. The molecule has 6 heteroatoms. The molecule has 2 aromatic rings. The Labute approximate surface area is 128 Å². The first kappa shape index (κ1) is 13.5. The molecule has 0 bridgehead atoms. The number of carbonyl (C=O) groups is 1. The van der Waals surface area contributed by atoms with Crippen molar-refractivity contribution in [1.82, 2.24) is 15.3 Å². The van der Waals surface area contributed by atoms with Crippen LogP contribution < -0.4 is 10.2 Å². The zero-order valence-corrected chi connectivity index (χ0v) is 12.2. The van der Waals surface area contributed by atoms with Gasteiger partial charge >= 0.3 is 0 Å². The SMILES string of the molecule is O=C1C[C@@H]2CN(c3nc(CO)nc4ccccc34)C[C@@H]2CN1. The zero-order chi connectivity index (χ0) is 15.1. The first-order valence-electron chi connectivity index (χ1n) is 7.63. The van der Waals surface area contributed by atoms with Crippen LogP contribution in [0.25, 0.3) is 10.9 Å². The number of nitrogens with zero attached hydrogens (tertiary/aromatic N) is 3. The lowest BCUT2D eigenvalue weighted by Gasteiger charge is -2.23. The molecule has 114 valence electrons. The minimum Gasteiger partial charge on any atom is -0.388 e. The molecule has 2 fully saturated rings. The number of amides is 1. The monoisotopic (exact) mass is 298 g/mol. The van der Waals surface area contributed by atoms with Gasteiger partial charge in [-0.2, -0.15) is 0 Å². The number of hydrogen-bond donors (Lipinski definition) is 2. The predicted octanol–water partition coefficient (Wildman–Crippen LogP) is 0.694. The number of para-hydroxylation sites is 1. The third-order valence-corrected chi connectivity index (χ3v) is 4.66. The molecule has 1 amide bonds.